The molecule has 0 bridgehead atoms. The summed E-state index contributed by atoms with van der Waals surface area (Å²) < 4.78 is 52.7. The Kier molecular flexibility index (Phi) is 11.0. The van der Waals surface area contributed by atoms with E-state index in [1.54, 1.807) is 25.3 Å². The number of likely N-dealkylation sites (tertiary alicyclic amines) is 2. The molecule has 0 aromatic heterocycles. The van der Waals surface area contributed by atoms with Crippen LogP contribution in [0.3, 0.4) is 0 Å². The summed E-state index contributed by atoms with van der Waals surface area (Å²) >= 11 is 0. The first-order chi connectivity index (χ1) is 24.7. The minimum absolute atomic E-state index is 0.0172. The predicted molar refractivity (Wildman–Crippen MR) is 196 cm³/mol. The third kappa shape index (κ3) is 7.40. The molecule has 3 atom stereocenters. The fourth-order valence-electron chi connectivity index (χ4n) is 10.0. The third-order valence-electron chi connectivity index (χ3n) is 12.9. The molecule has 5 aliphatic rings. The second-order valence-electron chi connectivity index (χ2n) is 15.7. The molecule has 1 amide bonds. The molecule has 2 aromatic rings. The standard InChI is InChI=1S/C39H56FN5O5S/c1-49-37(46)42-36-9-4-8-35(36)39(28-43-20-5-21-43,30-6-3-7-31(40)24-30)29-16-22-44(23-17-29)25-38(50-2)26-45(27-38)32-10-12-33(13-11-32)51(47,48)34-14-18-41-19-15-34/h3,6-7,10-13,24,29,34-36,41H,4-5,8-9,14-23,25-28H2,1-2H3,(H,42,46)/t35-,36-,39-/m0/s1. The van der Waals surface area contributed by atoms with Crippen molar-refractivity contribution in [1.29, 1.82) is 0 Å². The Labute approximate surface area is 303 Å². The average Bonchev–Trinajstić information content (AvgIpc) is 3.58. The Bertz CT molecular complexity index is 1600. The normalized spacial score (nSPS) is 26.2. The Morgan fingerprint density at radius 3 is 2.29 bits per heavy atom. The molecule has 1 saturated carbocycles. The quantitative estimate of drug-likeness (QED) is 0.329. The van der Waals surface area contributed by atoms with Gasteiger partial charge in [0.2, 0.25) is 0 Å². The van der Waals surface area contributed by atoms with E-state index in [0.717, 1.165) is 109 Å². The molecule has 1 aliphatic carbocycles. The van der Waals surface area contributed by atoms with Crippen LogP contribution in [0.15, 0.2) is 53.4 Å². The summed E-state index contributed by atoms with van der Waals surface area (Å²) in [6.45, 7) is 8.65. The number of alkyl carbamates (subject to hydrolysis) is 1. The molecule has 5 fully saturated rings. The van der Waals surface area contributed by atoms with Gasteiger partial charge in [0.25, 0.3) is 0 Å². The minimum atomic E-state index is -3.33. The summed E-state index contributed by atoms with van der Waals surface area (Å²) in [6.07, 6.45) is 7.00. The van der Waals surface area contributed by atoms with Crippen molar-refractivity contribution in [3.8, 4) is 0 Å². The molecule has 10 nitrogen and oxygen atoms in total. The SMILES string of the molecule is COC(=O)N[C@H]1CCC[C@@H]1[C@](CN1CCC1)(c1cccc(F)c1)C1CCN(CC2(OC)CN(c3ccc(S(=O)(=O)C4CCNCC4)cc3)C2)CC1. The van der Waals surface area contributed by atoms with E-state index in [4.69, 9.17) is 9.47 Å². The first kappa shape index (κ1) is 36.6. The van der Waals surface area contributed by atoms with E-state index in [-0.39, 0.29) is 34.0 Å². The number of carbonyl (C=O) groups excluding carboxylic acids is 1. The van der Waals surface area contributed by atoms with Gasteiger partial charge in [-0.3, -0.25) is 0 Å². The molecule has 280 valence electrons. The summed E-state index contributed by atoms with van der Waals surface area (Å²) in [7, 11) is -0.111. The topological polar surface area (TPSA) is 103 Å². The van der Waals surface area contributed by atoms with E-state index in [9.17, 15) is 13.2 Å². The second kappa shape index (κ2) is 15.3. The molecule has 0 spiro atoms. The highest BCUT2D eigenvalue weighted by atomic mass is 32.2. The van der Waals surface area contributed by atoms with Crippen molar-refractivity contribution < 1.29 is 27.1 Å². The number of benzene rings is 2. The van der Waals surface area contributed by atoms with Crippen molar-refractivity contribution in [1.82, 2.24) is 20.4 Å². The lowest BCUT2D eigenvalue weighted by molar-refractivity contribution is -0.0657. The van der Waals surface area contributed by atoms with E-state index >= 15 is 4.39 Å². The zero-order valence-electron chi connectivity index (χ0n) is 30.3. The van der Waals surface area contributed by atoms with Gasteiger partial charge in [0.15, 0.2) is 9.84 Å². The van der Waals surface area contributed by atoms with Gasteiger partial charge in [0, 0.05) is 37.3 Å². The molecular formula is C39H56FN5O5S. The summed E-state index contributed by atoms with van der Waals surface area (Å²) in [5.41, 5.74) is 1.48. The van der Waals surface area contributed by atoms with Gasteiger partial charge in [0.1, 0.15) is 11.4 Å². The highest BCUT2D eigenvalue weighted by Crippen LogP contribution is 2.51. The number of sulfone groups is 1. The predicted octanol–water partition coefficient (Wildman–Crippen LogP) is 4.44. The molecule has 2 N–H and O–H groups in total. The number of anilines is 1. The average molecular weight is 726 g/mol. The smallest absolute Gasteiger partial charge is 0.407 e. The maximum Gasteiger partial charge on any atom is 0.407 e. The highest BCUT2D eigenvalue weighted by molar-refractivity contribution is 7.92. The van der Waals surface area contributed by atoms with Crippen molar-refractivity contribution in [2.45, 2.75) is 78.6 Å². The molecule has 4 heterocycles. The summed E-state index contributed by atoms with van der Waals surface area (Å²) in [4.78, 5) is 20.3. The van der Waals surface area contributed by atoms with Crippen LogP contribution >= 0.6 is 0 Å². The number of piperidine rings is 2. The number of amides is 1. The number of halogens is 1. The number of hydrogen-bond acceptors (Lipinski definition) is 9. The zero-order valence-corrected chi connectivity index (χ0v) is 31.1. The maximum atomic E-state index is 15.0. The first-order valence-electron chi connectivity index (χ1n) is 19.1. The van der Waals surface area contributed by atoms with Crippen LogP contribution in [0.2, 0.25) is 0 Å². The van der Waals surface area contributed by atoms with Gasteiger partial charge in [-0.2, -0.15) is 0 Å². The Morgan fingerprint density at radius 1 is 0.941 bits per heavy atom. The van der Waals surface area contributed by atoms with Crippen molar-refractivity contribution in [2.24, 2.45) is 11.8 Å². The van der Waals surface area contributed by atoms with Crippen LogP contribution < -0.4 is 15.5 Å². The molecule has 4 aliphatic heterocycles. The molecular weight excluding hydrogens is 670 g/mol. The molecule has 2 aromatic carbocycles. The molecule has 51 heavy (non-hydrogen) atoms. The molecule has 12 heteroatoms. The van der Waals surface area contributed by atoms with E-state index in [0.29, 0.717) is 23.7 Å². The van der Waals surface area contributed by atoms with E-state index in [2.05, 4.69) is 31.4 Å². The third-order valence-corrected chi connectivity index (χ3v) is 15.2. The number of nitrogens with zero attached hydrogens (tertiary/aromatic N) is 3. The van der Waals surface area contributed by atoms with Crippen LogP contribution in [0.1, 0.15) is 56.9 Å². The number of carbonyl (C=O) groups is 1. The summed E-state index contributed by atoms with van der Waals surface area (Å²) in [5, 5.41) is 6.12. The highest BCUT2D eigenvalue weighted by Gasteiger charge is 2.54. The van der Waals surface area contributed by atoms with Crippen LogP contribution in [0.25, 0.3) is 0 Å². The van der Waals surface area contributed by atoms with Gasteiger partial charge in [0.05, 0.1) is 30.3 Å². The summed E-state index contributed by atoms with van der Waals surface area (Å²) in [5.74, 6) is 0.308. The van der Waals surface area contributed by atoms with Gasteiger partial charge in [-0.05, 0) is 138 Å². The molecule has 7 rings (SSSR count). The number of methoxy groups -OCH3 is 2. The van der Waals surface area contributed by atoms with E-state index in [1.165, 1.54) is 19.6 Å². The van der Waals surface area contributed by atoms with Crippen molar-refractivity contribution in [3.05, 3.63) is 59.9 Å². The van der Waals surface area contributed by atoms with Crippen LogP contribution in [0.4, 0.5) is 14.9 Å². The fourth-order valence-corrected chi connectivity index (χ4v) is 11.8. The largest absolute Gasteiger partial charge is 0.453 e. The van der Waals surface area contributed by atoms with Gasteiger partial charge in [-0.1, -0.05) is 18.6 Å². The van der Waals surface area contributed by atoms with Crippen molar-refractivity contribution in [3.63, 3.8) is 0 Å². The lowest BCUT2D eigenvalue weighted by Crippen LogP contribution is -2.68. The molecule has 0 unspecified atom stereocenters. The van der Waals surface area contributed by atoms with E-state index in [1.807, 2.05) is 18.2 Å². The molecule has 4 saturated heterocycles. The number of rotatable bonds is 12. The van der Waals surface area contributed by atoms with E-state index < -0.39 is 15.9 Å². The van der Waals surface area contributed by atoms with Gasteiger partial charge in [-0.15, -0.1) is 0 Å². The fraction of sp³-hybridized carbons (Fsp3) is 0.667. The van der Waals surface area contributed by atoms with Crippen molar-refractivity contribution in [2.75, 3.05) is 84.6 Å². The van der Waals surface area contributed by atoms with Crippen LogP contribution in [-0.4, -0.2) is 121 Å². The molecule has 0 radical (unpaired) electrons. The van der Waals surface area contributed by atoms with Gasteiger partial charge in [-0.25, -0.2) is 17.6 Å². The first-order valence-corrected chi connectivity index (χ1v) is 20.6. The zero-order chi connectivity index (χ0) is 35.6. The Morgan fingerprint density at radius 2 is 1.67 bits per heavy atom. The number of nitrogens with one attached hydrogen (secondary N) is 2. The van der Waals surface area contributed by atoms with Crippen molar-refractivity contribution >= 4 is 21.6 Å². The van der Waals surface area contributed by atoms with Crippen LogP contribution in [-0.2, 0) is 24.7 Å². The number of hydrogen-bond donors (Lipinski definition) is 2. The summed E-state index contributed by atoms with van der Waals surface area (Å²) in [6, 6.07) is 14.7. The lowest BCUT2D eigenvalue weighted by atomic mass is 9.57. The van der Waals surface area contributed by atoms with Gasteiger partial charge >= 0.3 is 6.09 Å². The maximum absolute atomic E-state index is 15.0. The second-order valence-corrected chi connectivity index (χ2v) is 18.0. The Balaban J connectivity index is 1.04. The lowest BCUT2D eigenvalue weighted by Gasteiger charge is -2.55. The monoisotopic (exact) mass is 725 g/mol. The Hall–Kier alpha value is -2.77. The number of ether oxygens (including phenoxy) is 2. The van der Waals surface area contributed by atoms with Gasteiger partial charge < -0.3 is 34.8 Å². The van der Waals surface area contributed by atoms with Crippen LogP contribution in [0.5, 0.6) is 0 Å². The minimum Gasteiger partial charge on any atom is -0.453 e. The van der Waals surface area contributed by atoms with Crippen LogP contribution in [0, 0.1) is 17.7 Å².